The van der Waals surface area contributed by atoms with Crippen molar-refractivity contribution in [1.82, 2.24) is 10.2 Å². The van der Waals surface area contributed by atoms with Crippen molar-refractivity contribution in [2.24, 2.45) is 5.92 Å². The lowest BCUT2D eigenvalue weighted by atomic mass is 9.86. The van der Waals surface area contributed by atoms with Crippen molar-refractivity contribution >= 4 is 11.9 Å². The number of amides is 1. The Morgan fingerprint density at radius 2 is 2.05 bits per heavy atom. The molecule has 0 aliphatic carbocycles. The number of carboxylic acid groups (broad SMARTS) is 1. The molecule has 3 aliphatic rings. The van der Waals surface area contributed by atoms with Crippen molar-refractivity contribution in [3.8, 4) is 0 Å². The molecule has 0 saturated carbocycles. The zero-order valence-electron chi connectivity index (χ0n) is 11.9. The molecule has 4 atom stereocenters. The average molecular weight is 280 g/mol. The van der Waals surface area contributed by atoms with Gasteiger partial charge in [-0.2, -0.15) is 0 Å². The van der Waals surface area contributed by atoms with Gasteiger partial charge in [0.2, 0.25) is 5.91 Å². The van der Waals surface area contributed by atoms with Crippen LogP contribution in [0.1, 0.15) is 51.4 Å². The molecule has 0 spiro atoms. The van der Waals surface area contributed by atoms with Crippen LogP contribution in [0.4, 0.5) is 0 Å². The molecule has 0 aromatic carbocycles. The van der Waals surface area contributed by atoms with Gasteiger partial charge < -0.3 is 15.3 Å². The number of likely N-dealkylation sites (tertiary alicyclic amines) is 1. The summed E-state index contributed by atoms with van der Waals surface area (Å²) in [6.07, 6.45) is 7.22. The van der Waals surface area contributed by atoms with Gasteiger partial charge in [-0.25, -0.2) is 0 Å². The van der Waals surface area contributed by atoms with Gasteiger partial charge in [-0.3, -0.25) is 9.59 Å². The van der Waals surface area contributed by atoms with E-state index in [0.717, 1.165) is 38.6 Å². The summed E-state index contributed by atoms with van der Waals surface area (Å²) in [5, 5.41) is 12.4. The maximum Gasteiger partial charge on any atom is 0.303 e. The Morgan fingerprint density at radius 1 is 1.20 bits per heavy atom. The highest BCUT2D eigenvalue weighted by Crippen LogP contribution is 2.36. The lowest BCUT2D eigenvalue weighted by Crippen LogP contribution is -2.48. The van der Waals surface area contributed by atoms with Crippen LogP contribution in [0, 0.1) is 5.92 Å². The summed E-state index contributed by atoms with van der Waals surface area (Å²) in [7, 11) is 0. The second-order valence-electron chi connectivity index (χ2n) is 6.50. The molecule has 1 amide bonds. The van der Waals surface area contributed by atoms with E-state index in [1.165, 1.54) is 6.42 Å². The standard InChI is InChI=1S/C15H24N2O3/c18-14(19)7-5-11-3-1-2-8-17(11)15(20)12-9-10-4-6-13(12)16-10/h10-13,16H,1-9H2,(H,18,19). The first-order valence-corrected chi connectivity index (χ1v) is 7.93. The first-order valence-electron chi connectivity index (χ1n) is 7.93. The van der Waals surface area contributed by atoms with Gasteiger partial charge in [-0.05, 0) is 44.9 Å². The van der Waals surface area contributed by atoms with E-state index in [9.17, 15) is 9.59 Å². The number of carbonyl (C=O) groups excluding carboxylic acids is 1. The molecular formula is C15H24N2O3. The van der Waals surface area contributed by atoms with Gasteiger partial charge in [0.05, 0.1) is 5.92 Å². The van der Waals surface area contributed by atoms with Gasteiger partial charge in [-0.1, -0.05) is 0 Å². The van der Waals surface area contributed by atoms with Crippen LogP contribution in [-0.2, 0) is 9.59 Å². The first kappa shape index (κ1) is 13.9. The van der Waals surface area contributed by atoms with Crippen LogP contribution >= 0.6 is 0 Å². The molecule has 0 aromatic rings. The number of carboxylic acids is 1. The molecule has 3 aliphatic heterocycles. The number of carbonyl (C=O) groups is 2. The topological polar surface area (TPSA) is 69.6 Å². The zero-order chi connectivity index (χ0) is 14.1. The van der Waals surface area contributed by atoms with Gasteiger partial charge in [0, 0.05) is 31.1 Å². The summed E-state index contributed by atoms with van der Waals surface area (Å²) in [6.45, 7) is 0.816. The summed E-state index contributed by atoms with van der Waals surface area (Å²) in [6, 6.07) is 1.05. The van der Waals surface area contributed by atoms with Crippen LogP contribution in [0.5, 0.6) is 0 Å². The van der Waals surface area contributed by atoms with Gasteiger partial charge in [0.25, 0.3) is 0 Å². The number of rotatable bonds is 4. The third-order valence-electron chi connectivity index (χ3n) is 5.22. The van der Waals surface area contributed by atoms with Crippen molar-refractivity contribution < 1.29 is 14.7 Å². The normalized spacial score (nSPS) is 36.3. The van der Waals surface area contributed by atoms with Crippen molar-refractivity contribution in [2.45, 2.75) is 69.5 Å². The maximum atomic E-state index is 12.8. The van der Waals surface area contributed by atoms with Crippen molar-refractivity contribution in [3.05, 3.63) is 0 Å². The van der Waals surface area contributed by atoms with Crippen LogP contribution < -0.4 is 5.32 Å². The summed E-state index contributed by atoms with van der Waals surface area (Å²) < 4.78 is 0. The molecule has 112 valence electrons. The van der Waals surface area contributed by atoms with Gasteiger partial charge in [-0.15, -0.1) is 0 Å². The molecule has 0 aromatic heterocycles. The molecule has 3 heterocycles. The minimum Gasteiger partial charge on any atom is -0.481 e. The Kier molecular flexibility index (Phi) is 3.96. The van der Waals surface area contributed by atoms with Gasteiger partial charge in [0.15, 0.2) is 0 Å². The summed E-state index contributed by atoms with van der Waals surface area (Å²) in [5.74, 6) is -0.344. The summed E-state index contributed by atoms with van der Waals surface area (Å²) >= 11 is 0. The molecule has 5 nitrogen and oxygen atoms in total. The third kappa shape index (κ3) is 2.68. The predicted molar refractivity (Wildman–Crippen MR) is 74.3 cm³/mol. The van der Waals surface area contributed by atoms with Gasteiger partial charge >= 0.3 is 5.97 Å². The highest BCUT2D eigenvalue weighted by atomic mass is 16.4. The van der Waals surface area contributed by atoms with Crippen LogP contribution in [-0.4, -0.2) is 46.6 Å². The Morgan fingerprint density at radius 3 is 2.70 bits per heavy atom. The fourth-order valence-corrected chi connectivity index (χ4v) is 4.19. The van der Waals surface area contributed by atoms with Crippen LogP contribution in [0.2, 0.25) is 0 Å². The van der Waals surface area contributed by atoms with Crippen LogP contribution in [0.25, 0.3) is 0 Å². The molecule has 2 bridgehead atoms. The molecular weight excluding hydrogens is 256 g/mol. The average Bonchev–Trinajstić information content (AvgIpc) is 3.07. The Bertz CT molecular complexity index is 399. The third-order valence-corrected chi connectivity index (χ3v) is 5.22. The van der Waals surface area contributed by atoms with E-state index in [1.54, 1.807) is 0 Å². The van der Waals surface area contributed by atoms with Crippen molar-refractivity contribution in [3.63, 3.8) is 0 Å². The van der Waals surface area contributed by atoms with E-state index in [-0.39, 0.29) is 24.3 Å². The lowest BCUT2D eigenvalue weighted by molar-refractivity contribution is -0.142. The number of piperidine rings is 1. The Balaban J connectivity index is 1.63. The number of aliphatic carboxylic acids is 1. The lowest BCUT2D eigenvalue weighted by Gasteiger charge is -2.38. The largest absolute Gasteiger partial charge is 0.481 e. The van der Waals surface area contributed by atoms with E-state index in [4.69, 9.17) is 5.11 Å². The molecule has 3 fully saturated rings. The highest BCUT2D eigenvalue weighted by molar-refractivity contribution is 5.80. The van der Waals surface area contributed by atoms with E-state index < -0.39 is 5.97 Å². The number of fused-ring (bicyclic) bond motifs is 2. The summed E-state index contributed by atoms with van der Waals surface area (Å²) in [5.41, 5.74) is 0. The second-order valence-corrected chi connectivity index (χ2v) is 6.50. The fourth-order valence-electron chi connectivity index (χ4n) is 4.19. The molecule has 20 heavy (non-hydrogen) atoms. The van der Waals surface area contributed by atoms with Crippen LogP contribution in [0.3, 0.4) is 0 Å². The zero-order valence-corrected chi connectivity index (χ0v) is 11.9. The highest BCUT2D eigenvalue weighted by Gasteiger charge is 2.45. The molecule has 4 unspecified atom stereocenters. The summed E-state index contributed by atoms with van der Waals surface area (Å²) in [4.78, 5) is 25.5. The van der Waals surface area contributed by atoms with E-state index in [1.807, 2.05) is 4.90 Å². The Labute approximate surface area is 119 Å². The number of nitrogens with one attached hydrogen (secondary N) is 1. The quantitative estimate of drug-likeness (QED) is 0.816. The van der Waals surface area contributed by atoms with E-state index >= 15 is 0 Å². The maximum absolute atomic E-state index is 12.8. The minimum atomic E-state index is -0.760. The number of hydrogen-bond acceptors (Lipinski definition) is 3. The minimum absolute atomic E-state index is 0.138. The molecule has 5 heteroatoms. The molecule has 3 saturated heterocycles. The van der Waals surface area contributed by atoms with E-state index in [0.29, 0.717) is 18.5 Å². The number of nitrogens with zero attached hydrogens (tertiary/aromatic N) is 1. The second kappa shape index (κ2) is 5.72. The predicted octanol–water partition coefficient (Wildman–Crippen LogP) is 1.37. The fraction of sp³-hybridized carbons (Fsp3) is 0.867. The SMILES string of the molecule is O=C(O)CCC1CCCCN1C(=O)C1CC2CCC1N2. The molecule has 0 radical (unpaired) electrons. The number of hydrogen-bond donors (Lipinski definition) is 2. The molecule has 3 rings (SSSR count). The monoisotopic (exact) mass is 280 g/mol. The van der Waals surface area contributed by atoms with Gasteiger partial charge in [0.1, 0.15) is 0 Å². The smallest absolute Gasteiger partial charge is 0.303 e. The van der Waals surface area contributed by atoms with Crippen molar-refractivity contribution in [1.29, 1.82) is 0 Å². The first-order chi connectivity index (χ1) is 9.65. The van der Waals surface area contributed by atoms with E-state index in [2.05, 4.69) is 5.32 Å². The molecule has 2 N–H and O–H groups in total. The van der Waals surface area contributed by atoms with Crippen LogP contribution in [0.15, 0.2) is 0 Å². The Hall–Kier alpha value is -1.10. The van der Waals surface area contributed by atoms with Crippen molar-refractivity contribution in [2.75, 3.05) is 6.54 Å².